The molecular weight excluding hydrogens is 252 g/mol. The van der Waals surface area contributed by atoms with Crippen molar-refractivity contribution in [3.63, 3.8) is 0 Å². The third-order valence-electron chi connectivity index (χ3n) is 4.32. The van der Waals surface area contributed by atoms with Crippen LogP contribution in [0.4, 0.5) is 0 Å². The second-order valence-corrected chi connectivity index (χ2v) is 6.50. The molecule has 120 valence electrons. The number of hydrogen-bond donors (Lipinski definition) is 0. The van der Waals surface area contributed by atoms with Crippen LogP contribution in [0, 0.1) is 17.8 Å². The maximum atomic E-state index is 5.88. The van der Waals surface area contributed by atoms with E-state index in [2.05, 4.69) is 27.7 Å². The van der Waals surface area contributed by atoms with Crippen LogP contribution < -0.4 is 0 Å². The zero-order valence-corrected chi connectivity index (χ0v) is 13.9. The van der Waals surface area contributed by atoms with Crippen LogP contribution in [0.2, 0.25) is 0 Å². The Morgan fingerprint density at radius 3 is 2.05 bits per heavy atom. The van der Waals surface area contributed by atoms with Crippen LogP contribution in [0.5, 0.6) is 0 Å². The summed E-state index contributed by atoms with van der Waals surface area (Å²) in [4.78, 5) is 0. The maximum absolute atomic E-state index is 5.88. The van der Waals surface area contributed by atoms with E-state index in [1.807, 2.05) is 0 Å². The minimum absolute atomic E-state index is 0.296. The number of hydrogen-bond acceptors (Lipinski definition) is 3. The molecule has 0 aliphatic carbocycles. The molecule has 0 aromatic rings. The fraction of sp³-hybridized carbons (Fsp3) is 1.00. The van der Waals surface area contributed by atoms with Crippen molar-refractivity contribution in [2.24, 2.45) is 17.8 Å². The van der Waals surface area contributed by atoms with E-state index in [1.165, 1.54) is 19.3 Å². The van der Waals surface area contributed by atoms with E-state index in [1.54, 1.807) is 0 Å². The molecule has 0 amide bonds. The summed E-state index contributed by atoms with van der Waals surface area (Å²) in [6, 6.07) is 0. The Morgan fingerprint density at radius 2 is 1.55 bits per heavy atom. The van der Waals surface area contributed by atoms with E-state index in [-0.39, 0.29) is 0 Å². The van der Waals surface area contributed by atoms with Gasteiger partial charge in [0.05, 0.1) is 25.9 Å². The Labute approximate surface area is 125 Å². The second kappa shape index (κ2) is 10.6. The third kappa shape index (κ3) is 7.61. The van der Waals surface area contributed by atoms with Crippen molar-refractivity contribution in [3.8, 4) is 0 Å². The van der Waals surface area contributed by atoms with E-state index < -0.39 is 0 Å². The van der Waals surface area contributed by atoms with Gasteiger partial charge in [-0.25, -0.2) is 0 Å². The van der Waals surface area contributed by atoms with Gasteiger partial charge in [-0.15, -0.1) is 0 Å². The Morgan fingerprint density at radius 1 is 0.950 bits per heavy atom. The lowest BCUT2D eigenvalue weighted by molar-refractivity contribution is -0.0799. The first kappa shape index (κ1) is 17.9. The van der Waals surface area contributed by atoms with Crippen LogP contribution >= 0.6 is 0 Å². The lowest BCUT2D eigenvalue weighted by Gasteiger charge is -2.29. The lowest BCUT2D eigenvalue weighted by atomic mass is 9.99. The van der Waals surface area contributed by atoms with Crippen LogP contribution in [0.15, 0.2) is 0 Å². The molecule has 20 heavy (non-hydrogen) atoms. The molecule has 1 aliphatic rings. The normalized spacial score (nSPS) is 26.4. The first-order chi connectivity index (χ1) is 9.65. The topological polar surface area (TPSA) is 27.7 Å². The minimum atomic E-state index is 0.296. The summed E-state index contributed by atoms with van der Waals surface area (Å²) in [6.45, 7) is 13.1. The molecule has 0 bridgehead atoms. The molecule has 4 atom stereocenters. The third-order valence-corrected chi connectivity index (χ3v) is 4.32. The first-order valence-corrected chi connectivity index (χ1v) is 8.42. The van der Waals surface area contributed by atoms with Gasteiger partial charge >= 0.3 is 0 Å². The molecule has 1 heterocycles. The summed E-state index contributed by atoms with van der Waals surface area (Å²) in [6.07, 6.45) is 4.98. The Bertz CT molecular complexity index is 200. The molecule has 0 saturated carbocycles. The molecule has 0 spiro atoms. The van der Waals surface area contributed by atoms with E-state index in [4.69, 9.17) is 14.2 Å². The standard InChI is InChI=1S/C17H34O3/c1-5-14(3)9-18-11-16-7-8-17(20-12-16)13-19-10-15(4)6-2/h14-17H,5-13H2,1-4H3/t14-,15+,16-,17+/m1/s1. The summed E-state index contributed by atoms with van der Waals surface area (Å²) in [5.41, 5.74) is 0. The summed E-state index contributed by atoms with van der Waals surface area (Å²) < 4.78 is 17.4. The largest absolute Gasteiger partial charge is 0.381 e. The number of ether oxygens (including phenoxy) is 3. The van der Waals surface area contributed by atoms with Crippen molar-refractivity contribution in [1.82, 2.24) is 0 Å². The first-order valence-electron chi connectivity index (χ1n) is 8.42. The van der Waals surface area contributed by atoms with Crippen LogP contribution in [0.25, 0.3) is 0 Å². The van der Waals surface area contributed by atoms with E-state index in [9.17, 15) is 0 Å². The van der Waals surface area contributed by atoms with Crippen molar-refractivity contribution >= 4 is 0 Å². The quantitative estimate of drug-likeness (QED) is 0.609. The molecule has 1 aliphatic heterocycles. The van der Waals surface area contributed by atoms with Crippen molar-refractivity contribution in [3.05, 3.63) is 0 Å². The second-order valence-electron chi connectivity index (χ2n) is 6.50. The highest BCUT2D eigenvalue weighted by Crippen LogP contribution is 2.20. The van der Waals surface area contributed by atoms with Crippen molar-refractivity contribution < 1.29 is 14.2 Å². The maximum Gasteiger partial charge on any atom is 0.0808 e. The molecule has 3 nitrogen and oxygen atoms in total. The van der Waals surface area contributed by atoms with Gasteiger partial charge in [0.15, 0.2) is 0 Å². The predicted molar refractivity (Wildman–Crippen MR) is 83.0 cm³/mol. The molecule has 1 rings (SSSR count). The van der Waals surface area contributed by atoms with Gasteiger partial charge in [-0.3, -0.25) is 0 Å². The van der Waals surface area contributed by atoms with Gasteiger partial charge in [0.2, 0.25) is 0 Å². The minimum Gasteiger partial charge on any atom is -0.381 e. The molecule has 0 aromatic heterocycles. The van der Waals surface area contributed by atoms with Gasteiger partial charge in [-0.2, -0.15) is 0 Å². The molecule has 3 heteroatoms. The van der Waals surface area contributed by atoms with E-state index in [0.717, 1.165) is 39.5 Å². The van der Waals surface area contributed by atoms with Gasteiger partial charge in [-0.05, 0) is 24.7 Å². The SMILES string of the molecule is CC[C@@H](C)COC[C@H]1CC[C@@H](COC[C@@H](C)CC)OC1. The Kier molecular flexibility index (Phi) is 9.49. The van der Waals surface area contributed by atoms with Gasteiger partial charge in [0.25, 0.3) is 0 Å². The molecule has 1 fully saturated rings. The molecule has 0 unspecified atom stereocenters. The fourth-order valence-corrected chi connectivity index (χ4v) is 2.20. The van der Waals surface area contributed by atoms with Crippen molar-refractivity contribution in [1.29, 1.82) is 0 Å². The van der Waals surface area contributed by atoms with E-state index in [0.29, 0.717) is 23.9 Å². The molecule has 0 N–H and O–H groups in total. The van der Waals surface area contributed by atoms with Crippen molar-refractivity contribution in [2.75, 3.05) is 33.0 Å². The molecule has 0 aromatic carbocycles. The highest BCUT2D eigenvalue weighted by molar-refractivity contribution is 4.70. The highest BCUT2D eigenvalue weighted by Gasteiger charge is 2.22. The molecule has 1 saturated heterocycles. The zero-order chi connectivity index (χ0) is 14.8. The van der Waals surface area contributed by atoms with E-state index >= 15 is 0 Å². The monoisotopic (exact) mass is 286 g/mol. The fourth-order valence-electron chi connectivity index (χ4n) is 2.20. The van der Waals surface area contributed by atoms with Crippen LogP contribution in [0.3, 0.4) is 0 Å². The van der Waals surface area contributed by atoms with Gasteiger partial charge in [-0.1, -0.05) is 40.5 Å². The van der Waals surface area contributed by atoms with Crippen LogP contribution in [-0.4, -0.2) is 39.1 Å². The molecular formula is C17H34O3. The van der Waals surface area contributed by atoms with Crippen LogP contribution in [-0.2, 0) is 14.2 Å². The average Bonchev–Trinajstić information content (AvgIpc) is 2.48. The Hall–Kier alpha value is -0.120. The number of rotatable bonds is 10. The van der Waals surface area contributed by atoms with Gasteiger partial charge in [0.1, 0.15) is 0 Å². The van der Waals surface area contributed by atoms with Crippen molar-refractivity contribution in [2.45, 2.75) is 59.5 Å². The zero-order valence-electron chi connectivity index (χ0n) is 13.9. The summed E-state index contributed by atoms with van der Waals surface area (Å²) >= 11 is 0. The van der Waals surface area contributed by atoms with Crippen LogP contribution in [0.1, 0.15) is 53.4 Å². The summed E-state index contributed by atoms with van der Waals surface area (Å²) in [7, 11) is 0. The van der Waals surface area contributed by atoms with Gasteiger partial charge in [0, 0.05) is 19.1 Å². The highest BCUT2D eigenvalue weighted by atomic mass is 16.5. The lowest BCUT2D eigenvalue weighted by Crippen LogP contribution is -2.32. The smallest absolute Gasteiger partial charge is 0.0808 e. The van der Waals surface area contributed by atoms with Gasteiger partial charge < -0.3 is 14.2 Å². The summed E-state index contributed by atoms with van der Waals surface area (Å²) in [5, 5.41) is 0. The Balaban J connectivity index is 2.02. The average molecular weight is 286 g/mol. The predicted octanol–water partition coefficient (Wildman–Crippen LogP) is 3.91. The molecule has 0 radical (unpaired) electrons. The summed E-state index contributed by atoms with van der Waals surface area (Å²) in [5.74, 6) is 1.89.